The van der Waals surface area contributed by atoms with Crippen LogP contribution in [0, 0.1) is 5.41 Å². The molecule has 0 saturated carbocycles. The van der Waals surface area contributed by atoms with Crippen LogP contribution in [0.5, 0.6) is 0 Å². The highest BCUT2D eigenvalue weighted by molar-refractivity contribution is 5.93. The molecule has 4 rings (SSSR count). The Morgan fingerprint density at radius 3 is 2.59 bits per heavy atom. The summed E-state index contributed by atoms with van der Waals surface area (Å²) in [7, 11) is 0. The molecule has 1 saturated heterocycles. The Bertz CT molecular complexity index is 1300. The highest BCUT2D eigenvalue weighted by atomic mass is 16.2. The van der Waals surface area contributed by atoms with Crippen molar-refractivity contribution in [2.24, 2.45) is 11.1 Å². The second-order valence-electron chi connectivity index (χ2n) is 12.2. The third kappa shape index (κ3) is 8.50. The van der Waals surface area contributed by atoms with Gasteiger partial charge in [-0.1, -0.05) is 81.5 Å². The Labute approximate surface area is 243 Å². The minimum absolute atomic E-state index is 0.0412. The molecular weight excluding hydrogens is 514 g/mol. The summed E-state index contributed by atoms with van der Waals surface area (Å²) >= 11 is 0. The van der Waals surface area contributed by atoms with E-state index in [9.17, 15) is 14.4 Å². The number of fused-ring (bicyclic) bond motifs is 1. The van der Waals surface area contributed by atoms with Crippen molar-refractivity contribution in [3.8, 4) is 0 Å². The molecule has 41 heavy (non-hydrogen) atoms. The number of benzene rings is 2. The van der Waals surface area contributed by atoms with Crippen LogP contribution < -0.4 is 21.7 Å². The van der Waals surface area contributed by atoms with Gasteiger partial charge in [-0.05, 0) is 54.1 Å². The molecule has 3 atom stereocenters. The van der Waals surface area contributed by atoms with Gasteiger partial charge in [-0.3, -0.25) is 14.4 Å². The molecule has 2 aliphatic rings. The number of hydrogen-bond acceptors (Lipinski definition) is 5. The van der Waals surface area contributed by atoms with Gasteiger partial charge in [-0.15, -0.1) is 0 Å². The van der Waals surface area contributed by atoms with Crippen molar-refractivity contribution in [3.63, 3.8) is 0 Å². The van der Waals surface area contributed by atoms with Crippen LogP contribution in [-0.2, 0) is 20.8 Å². The number of nitrogens with one attached hydrogen (secondary N) is 3. The predicted octanol–water partition coefficient (Wildman–Crippen LogP) is 3.21. The van der Waals surface area contributed by atoms with E-state index in [1.54, 1.807) is 4.90 Å². The lowest BCUT2D eigenvalue weighted by Crippen LogP contribution is -2.55. The van der Waals surface area contributed by atoms with Gasteiger partial charge in [0.05, 0.1) is 0 Å². The topological polar surface area (TPSA) is 117 Å². The van der Waals surface area contributed by atoms with E-state index in [1.165, 1.54) is 5.57 Å². The van der Waals surface area contributed by atoms with Crippen molar-refractivity contribution in [1.29, 1.82) is 0 Å². The van der Waals surface area contributed by atoms with Gasteiger partial charge in [0.2, 0.25) is 17.7 Å². The zero-order chi connectivity index (χ0) is 29.4. The van der Waals surface area contributed by atoms with Gasteiger partial charge in [-0.2, -0.15) is 0 Å². The van der Waals surface area contributed by atoms with E-state index in [2.05, 4.69) is 40.2 Å². The molecule has 0 bridgehead atoms. The lowest BCUT2D eigenvalue weighted by atomic mass is 9.94. The fourth-order valence-corrected chi connectivity index (χ4v) is 5.39. The molecule has 2 aromatic carbocycles. The van der Waals surface area contributed by atoms with Crippen LogP contribution in [0.25, 0.3) is 10.8 Å². The molecule has 220 valence electrons. The first-order chi connectivity index (χ1) is 19.6. The number of rotatable bonds is 11. The summed E-state index contributed by atoms with van der Waals surface area (Å²) in [6.07, 6.45) is 9.58. The maximum Gasteiger partial charge on any atom is 0.243 e. The van der Waals surface area contributed by atoms with Crippen LogP contribution in [0.3, 0.4) is 0 Å². The second-order valence-corrected chi connectivity index (χ2v) is 12.2. The van der Waals surface area contributed by atoms with Crippen LogP contribution in [0.1, 0.15) is 52.0 Å². The second kappa shape index (κ2) is 13.9. The molecular formula is C33H45N5O3. The van der Waals surface area contributed by atoms with E-state index in [0.29, 0.717) is 25.9 Å². The van der Waals surface area contributed by atoms with Crippen molar-refractivity contribution in [1.82, 2.24) is 20.9 Å². The number of nitrogens with two attached hydrogens (primary N) is 1. The molecule has 3 amide bonds. The zero-order valence-corrected chi connectivity index (χ0v) is 24.6. The first kappa shape index (κ1) is 30.5. The molecule has 5 N–H and O–H groups in total. The Kier molecular flexibility index (Phi) is 10.3. The average Bonchev–Trinajstić information content (AvgIpc) is 3.44. The Morgan fingerprint density at radius 2 is 1.85 bits per heavy atom. The molecule has 0 aromatic heterocycles. The monoisotopic (exact) mass is 559 g/mol. The molecule has 2 aromatic rings. The van der Waals surface area contributed by atoms with E-state index in [0.717, 1.165) is 48.7 Å². The number of hydrogen-bond donors (Lipinski definition) is 4. The summed E-state index contributed by atoms with van der Waals surface area (Å²) in [5.74, 6) is -0.526. The molecule has 1 aliphatic carbocycles. The molecule has 0 spiro atoms. The molecule has 0 radical (unpaired) electrons. The Hall–Kier alpha value is -3.49. The van der Waals surface area contributed by atoms with E-state index in [-0.39, 0.29) is 23.8 Å². The maximum atomic E-state index is 13.5. The van der Waals surface area contributed by atoms with Crippen molar-refractivity contribution in [2.75, 3.05) is 26.2 Å². The van der Waals surface area contributed by atoms with Gasteiger partial charge in [-0.25, -0.2) is 0 Å². The lowest BCUT2D eigenvalue weighted by Gasteiger charge is -2.31. The molecule has 8 nitrogen and oxygen atoms in total. The predicted molar refractivity (Wildman–Crippen MR) is 164 cm³/mol. The lowest BCUT2D eigenvalue weighted by molar-refractivity contribution is -0.145. The number of nitrogens with zero attached hydrogens (tertiary/aromatic N) is 1. The van der Waals surface area contributed by atoms with Gasteiger partial charge in [0.25, 0.3) is 0 Å². The number of amides is 3. The van der Waals surface area contributed by atoms with Crippen LogP contribution in [-0.4, -0.2) is 66.9 Å². The van der Waals surface area contributed by atoms with Crippen LogP contribution in [0.4, 0.5) is 0 Å². The minimum Gasteiger partial charge on any atom is -0.354 e. The first-order valence-electron chi connectivity index (χ1n) is 14.8. The van der Waals surface area contributed by atoms with Gasteiger partial charge < -0.3 is 26.6 Å². The zero-order valence-electron chi connectivity index (χ0n) is 24.6. The summed E-state index contributed by atoms with van der Waals surface area (Å²) in [5, 5.41) is 11.6. The number of carbonyl (C=O) groups is 3. The summed E-state index contributed by atoms with van der Waals surface area (Å²) in [5.41, 5.74) is 7.50. The Balaban J connectivity index is 1.37. The summed E-state index contributed by atoms with van der Waals surface area (Å²) < 4.78 is 0. The largest absolute Gasteiger partial charge is 0.354 e. The van der Waals surface area contributed by atoms with E-state index >= 15 is 0 Å². The third-order valence-corrected chi connectivity index (χ3v) is 7.71. The number of carbonyl (C=O) groups excluding carboxylic acids is 3. The van der Waals surface area contributed by atoms with Gasteiger partial charge in [0, 0.05) is 37.5 Å². The fourth-order valence-electron chi connectivity index (χ4n) is 5.39. The highest BCUT2D eigenvalue weighted by Gasteiger charge is 2.39. The molecule has 1 aliphatic heterocycles. The van der Waals surface area contributed by atoms with Crippen molar-refractivity contribution in [2.45, 2.75) is 71.0 Å². The Morgan fingerprint density at radius 1 is 1.07 bits per heavy atom. The van der Waals surface area contributed by atoms with E-state index < -0.39 is 17.5 Å². The van der Waals surface area contributed by atoms with Crippen LogP contribution in [0.15, 0.2) is 66.3 Å². The molecule has 2 unspecified atom stereocenters. The maximum absolute atomic E-state index is 13.5. The van der Waals surface area contributed by atoms with Crippen LogP contribution >= 0.6 is 0 Å². The van der Waals surface area contributed by atoms with E-state index in [4.69, 9.17) is 5.73 Å². The summed E-state index contributed by atoms with van der Waals surface area (Å²) in [6.45, 7) is 8.17. The fraction of sp³-hybridized carbons (Fsp3) is 0.485. The highest BCUT2D eigenvalue weighted by Crippen LogP contribution is 2.26. The average molecular weight is 560 g/mol. The SMILES string of the molecule is CC(C)(C)C(=O)N1CCCC1C(=O)N[C@H](Cc1ccc2ccccc2c1)C(=O)NCCCNCC1=CCC(N)C=C1. The first-order valence-corrected chi connectivity index (χ1v) is 14.8. The van der Waals surface area contributed by atoms with Crippen molar-refractivity contribution >= 4 is 28.5 Å². The van der Waals surface area contributed by atoms with Gasteiger partial charge in [0.15, 0.2) is 0 Å². The smallest absolute Gasteiger partial charge is 0.243 e. The molecule has 8 heteroatoms. The summed E-state index contributed by atoms with van der Waals surface area (Å²) in [6, 6.07) is 13.0. The minimum atomic E-state index is -0.745. The van der Waals surface area contributed by atoms with Gasteiger partial charge in [0.1, 0.15) is 12.1 Å². The standard InChI is InChI=1S/C33H45N5O3/c1-33(2,3)32(41)38-19-6-10-29(38)31(40)37-28(21-24-11-14-25-8-4-5-9-26(25)20-24)30(39)36-18-7-17-35-22-23-12-15-27(34)16-13-23/h4-5,8-9,11-15,20,27-29,35H,6-7,10,16-19,21-22,34H2,1-3H3,(H,36,39)(H,37,40)/t27?,28-,29?/m1/s1. The van der Waals surface area contributed by atoms with Crippen molar-refractivity contribution < 1.29 is 14.4 Å². The normalized spacial score (nSPS) is 19.6. The molecule has 1 fully saturated rings. The van der Waals surface area contributed by atoms with Crippen LogP contribution in [0.2, 0.25) is 0 Å². The van der Waals surface area contributed by atoms with E-state index in [1.807, 2.05) is 57.2 Å². The summed E-state index contributed by atoms with van der Waals surface area (Å²) in [4.78, 5) is 41.6. The quantitative estimate of drug-likeness (QED) is 0.316. The van der Waals surface area contributed by atoms with Crippen molar-refractivity contribution in [3.05, 3.63) is 71.8 Å². The third-order valence-electron chi connectivity index (χ3n) is 7.71. The molecule has 1 heterocycles. The van der Waals surface area contributed by atoms with Gasteiger partial charge >= 0.3 is 0 Å². The number of likely N-dealkylation sites (tertiary alicyclic amines) is 1.